The van der Waals surface area contributed by atoms with Crippen molar-refractivity contribution in [3.05, 3.63) is 99.6 Å². The first-order chi connectivity index (χ1) is 19.8. The molecule has 0 saturated heterocycles. The lowest BCUT2D eigenvalue weighted by Crippen LogP contribution is -2.53. The molecule has 0 radical (unpaired) electrons. The molecular formula is C32H37N3O6. The molecule has 0 spiro atoms. The number of nitro groups is 1. The highest BCUT2D eigenvalue weighted by molar-refractivity contribution is 5.88. The molecule has 9 nitrogen and oxygen atoms in total. The lowest BCUT2D eigenvalue weighted by Gasteiger charge is -2.33. The Balaban J connectivity index is 1.61. The van der Waals surface area contributed by atoms with Gasteiger partial charge in [0.15, 0.2) is 6.61 Å². The van der Waals surface area contributed by atoms with E-state index in [0.717, 1.165) is 42.4 Å². The first-order valence-corrected chi connectivity index (χ1v) is 14.0. The number of aryl methyl sites for hydroxylation is 1. The number of rotatable bonds is 12. The summed E-state index contributed by atoms with van der Waals surface area (Å²) in [5.41, 5.74) is 2.73. The zero-order valence-electron chi connectivity index (χ0n) is 23.6. The number of hydrogen-bond acceptors (Lipinski definition) is 6. The molecular weight excluding hydrogens is 522 g/mol. The highest BCUT2D eigenvalue weighted by Crippen LogP contribution is 2.31. The Morgan fingerprint density at radius 1 is 1.00 bits per heavy atom. The fraction of sp³-hybridized carbons (Fsp3) is 0.375. The molecule has 9 heteroatoms. The molecule has 1 atom stereocenters. The minimum atomic E-state index is -0.761. The molecule has 3 aromatic carbocycles. The zero-order valence-corrected chi connectivity index (χ0v) is 23.6. The van der Waals surface area contributed by atoms with Crippen LogP contribution in [0.3, 0.4) is 0 Å². The summed E-state index contributed by atoms with van der Waals surface area (Å²) in [6, 6.07) is 20.9. The number of amides is 2. The highest BCUT2D eigenvalue weighted by atomic mass is 16.6. The van der Waals surface area contributed by atoms with Crippen LogP contribution in [0.25, 0.3) is 0 Å². The number of ether oxygens (including phenoxy) is 2. The molecule has 41 heavy (non-hydrogen) atoms. The minimum Gasteiger partial charge on any atom is -0.490 e. The molecule has 0 heterocycles. The maximum absolute atomic E-state index is 13.8. The van der Waals surface area contributed by atoms with E-state index in [0.29, 0.717) is 6.42 Å². The van der Waals surface area contributed by atoms with Gasteiger partial charge in [-0.05, 0) is 37.0 Å². The lowest BCUT2D eigenvalue weighted by atomic mass is 9.94. The minimum absolute atomic E-state index is 0.0327. The van der Waals surface area contributed by atoms with E-state index in [1.54, 1.807) is 4.90 Å². The van der Waals surface area contributed by atoms with Crippen LogP contribution < -0.4 is 14.8 Å². The first-order valence-electron chi connectivity index (χ1n) is 14.0. The predicted molar refractivity (Wildman–Crippen MR) is 156 cm³/mol. The summed E-state index contributed by atoms with van der Waals surface area (Å²) in [7, 11) is 1.33. The number of nitro benzene ring substituents is 1. The van der Waals surface area contributed by atoms with Crippen molar-refractivity contribution >= 4 is 17.5 Å². The second kappa shape index (κ2) is 14.3. The first kappa shape index (κ1) is 29.6. The van der Waals surface area contributed by atoms with E-state index in [4.69, 9.17) is 9.47 Å². The molecule has 2 amide bonds. The smallest absolute Gasteiger partial charge is 0.311 e. The molecule has 1 N–H and O–H groups in total. The van der Waals surface area contributed by atoms with E-state index in [1.807, 2.05) is 61.5 Å². The SMILES string of the molecule is COc1cc(OCC(=O)N(Cc2ccc(C)cc2)[C@H](Cc2ccccc2)C(=O)NC2CCCCC2)ccc1[N+](=O)[O-]. The van der Waals surface area contributed by atoms with Gasteiger partial charge in [0, 0.05) is 31.1 Å². The molecule has 4 rings (SSSR count). The fourth-order valence-corrected chi connectivity index (χ4v) is 5.12. The second-order valence-corrected chi connectivity index (χ2v) is 10.4. The Labute approximate surface area is 240 Å². The summed E-state index contributed by atoms with van der Waals surface area (Å²) in [5.74, 6) is -0.270. The van der Waals surface area contributed by atoms with Crippen molar-refractivity contribution < 1.29 is 24.0 Å². The summed E-state index contributed by atoms with van der Waals surface area (Å²) in [6.07, 6.45) is 5.53. The predicted octanol–water partition coefficient (Wildman–Crippen LogP) is 5.38. The largest absolute Gasteiger partial charge is 0.490 e. The van der Waals surface area contributed by atoms with Crippen molar-refractivity contribution in [3.8, 4) is 11.5 Å². The third-order valence-electron chi connectivity index (χ3n) is 7.41. The molecule has 0 bridgehead atoms. The third kappa shape index (κ3) is 8.30. The van der Waals surface area contributed by atoms with Crippen molar-refractivity contribution in [2.24, 2.45) is 0 Å². The maximum Gasteiger partial charge on any atom is 0.311 e. The van der Waals surface area contributed by atoms with Gasteiger partial charge >= 0.3 is 5.69 Å². The number of methoxy groups -OCH3 is 1. The van der Waals surface area contributed by atoms with Gasteiger partial charge in [0.25, 0.3) is 5.91 Å². The van der Waals surface area contributed by atoms with Gasteiger partial charge < -0.3 is 19.7 Å². The number of carbonyl (C=O) groups excluding carboxylic acids is 2. The van der Waals surface area contributed by atoms with Crippen molar-refractivity contribution in [2.75, 3.05) is 13.7 Å². The average Bonchev–Trinajstić information content (AvgIpc) is 2.99. The molecule has 0 unspecified atom stereocenters. The van der Waals surface area contributed by atoms with Gasteiger partial charge in [0.2, 0.25) is 11.7 Å². The summed E-state index contributed by atoms with van der Waals surface area (Å²) in [4.78, 5) is 40.0. The number of benzene rings is 3. The third-order valence-corrected chi connectivity index (χ3v) is 7.41. The van der Waals surface area contributed by atoms with Gasteiger partial charge in [-0.1, -0.05) is 79.4 Å². The van der Waals surface area contributed by atoms with E-state index in [-0.39, 0.29) is 48.2 Å². The molecule has 1 saturated carbocycles. The van der Waals surface area contributed by atoms with Gasteiger partial charge in [-0.2, -0.15) is 0 Å². The normalized spacial score (nSPS) is 14.1. The number of nitrogens with zero attached hydrogens (tertiary/aromatic N) is 2. The van der Waals surface area contributed by atoms with E-state index in [9.17, 15) is 19.7 Å². The topological polar surface area (TPSA) is 111 Å². The molecule has 3 aromatic rings. The summed E-state index contributed by atoms with van der Waals surface area (Å²) < 4.78 is 10.9. The Morgan fingerprint density at radius 2 is 1.71 bits per heavy atom. The molecule has 1 aliphatic rings. The van der Waals surface area contributed by atoms with Crippen molar-refractivity contribution in [2.45, 2.75) is 64.1 Å². The second-order valence-electron chi connectivity index (χ2n) is 10.4. The molecule has 1 aliphatic carbocycles. The summed E-state index contributed by atoms with van der Waals surface area (Å²) in [5, 5.41) is 14.5. The fourth-order valence-electron chi connectivity index (χ4n) is 5.12. The summed E-state index contributed by atoms with van der Waals surface area (Å²) in [6.45, 7) is 1.87. The lowest BCUT2D eigenvalue weighted by molar-refractivity contribution is -0.385. The van der Waals surface area contributed by atoms with Crippen molar-refractivity contribution in [1.29, 1.82) is 0 Å². The van der Waals surface area contributed by atoms with Crippen LogP contribution in [-0.4, -0.2) is 47.4 Å². The van der Waals surface area contributed by atoms with Crippen LogP contribution in [0.15, 0.2) is 72.8 Å². The van der Waals surface area contributed by atoms with Crippen LogP contribution in [0.5, 0.6) is 11.5 Å². The van der Waals surface area contributed by atoms with Crippen LogP contribution in [-0.2, 0) is 22.6 Å². The van der Waals surface area contributed by atoms with Crippen LogP contribution in [0.4, 0.5) is 5.69 Å². The van der Waals surface area contributed by atoms with Crippen LogP contribution in [0.2, 0.25) is 0 Å². The van der Waals surface area contributed by atoms with Crippen molar-refractivity contribution in [1.82, 2.24) is 10.2 Å². The Kier molecular flexibility index (Phi) is 10.3. The number of carbonyl (C=O) groups is 2. The maximum atomic E-state index is 13.8. The number of hydrogen-bond donors (Lipinski definition) is 1. The molecule has 0 aliphatic heterocycles. The van der Waals surface area contributed by atoms with E-state index >= 15 is 0 Å². The van der Waals surface area contributed by atoms with Gasteiger partial charge in [-0.15, -0.1) is 0 Å². The van der Waals surface area contributed by atoms with E-state index < -0.39 is 11.0 Å². The van der Waals surface area contributed by atoms with Gasteiger partial charge in [0.05, 0.1) is 12.0 Å². The molecule has 0 aromatic heterocycles. The Morgan fingerprint density at radius 3 is 2.37 bits per heavy atom. The quantitative estimate of drug-likeness (QED) is 0.236. The molecule has 216 valence electrons. The Hall–Kier alpha value is -4.40. The summed E-state index contributed by atoms with van der Waals surface area (Å²) >= 11 is 0. The number of nitrogens with one attached hydrogen (secondary N) is 1. The monoisotopic (exact) mass is 559 g/mol. The van der Waals surface area contributed by atoms with Crippen LogP contribution >= 0.6 is 0 Å². The standard InChI is InChI=1S/C32H37N3O6/c1-23-13-15-25(16-14-23)21-34(31(36)22-41-27-17-18-28(35(38)39)30(20-27)40-2)29(19-24-9-5-3-6-10-24)32(37)33-26-11-7-4-8-12-26/h3,5-6,9-10,13-18,20,26,29H,4,7-8,11-12,19,21-22H2,1-2H3,(H,33,37)/t29-/m1/s1. The van der Waals surface area contributed by atoms with Crippen molar-refractivity contribution in [3.63, 3.8) is 0 Å². The van der Waals surface area contributed by atoms with Crippen LogP contribution in [0, 0.1) is 17.0 Å². The zero-order chi connectivity index (χ0) is 29.2. The van der Waals surface area contributed by atoms with E-state index in [2.05, 4.69) is 5.32 Å². The van der Waals surface area contributed by atoms with Crippen LogP contribution in [0.1, 0.15) is 48.8 Å². The van der Waals surface area contributed by atoms with Gasteiger partial charge in [-0.3, -0.25) is 19.7 Å². The van der Waals surface area contributed by atoms with Gasteiger partial charge in [-0.25, -0.2) is 0 Å². The average molecular weight is 560 g/mol. The van der Waals surface area contributed by atoms with E-state index in [1.165, 1.54) is 31.7 Å². The molecule has 1 fully saturated rings. The Bertz CT molecular complexity index is 1320. The highest BCUT2D eigenvalue weighted by Gasteiger charge is 2.32. The van der Waals surface area contributed by atoms with Gasteiger partial charge in [0.1, 0.15) is 11.8 Å².